The third-order valence-corrected chi connectivity index (χ3v) is 5.87. The Morgan fingerprint density at radius 3 is 2.59 bits per heavy atom. The summed E-state index contributed by atoms with van der Waals surface area (Å²) in [5, 5.41) is 2.64. The lowest BCUT2D eigenvalue weighted by molar-refractivity contribution is 0.0965. The molecule has 1 aliphatic heterocycles. The Bertz CT molecular complexity index is 1520. The first-order valence-corrected chi connectivity index (χ1v) is 10.7. The fraction of sp³-hybridized carbons (Fsp3) is 0.0769. The van der Waals surface area contributed by atoms with Gasteiger partial charge in [-0.1, -0.05) is 54.1 Å². The highest BCUT2D eigenvalue weighted by molar-refractivity contribution is 6.31. The Hall–Kier alpha value is -3.83. The molecule has 0 unspecified atom stereocenters. The molecular formula is C26H17ClN2O3. The Kier molecular flexibility index (Phi) is 4.37. The molecule has 0 fully saturated rings. The van der Waals surface area contributed by atoms with Crippen LogP contribution in [0.5, 0.6) is 11.5 Å². The van der Waals surface area contributed by atoms with Crippen molar-refractivity contribution in [3.63, 3.8) is 0 Å². The average Bonchev–Trinajstić information content (AvgIpc) is 3.21. The molecule has 0 bridgehead atoms. The molecular weight excluding hydrogens is 424 g/mol. The third-order valence-electron chi connectivity index (χ3n) is 5.64. The van der Waals surface area contributed by atoms with Crippen LogP contribution in [0, 0.1) is 0 Å². The van der Waals surface area contributed by atoms with Gasteiger partial charge in [0.15, 0.2) is 11.5 Å². The van der Waals surface area contributed by atoms with Crippen molar-refractivity contribution < 1.29 is 14.3 Å². The lowest BCUT2D eigenvalue weighted by Crippen LogP contribution is -2.17. The molecule has 5 aromatic rings. The first-order valence-electron chi connectivity index (χ1n) is 10.3. The number of imidazole rings is 1. The number of fused-ring (bicyclic) bond motifs is 3. The predicted octanol–water partition coefficient (Wildman–Crippen LogP) is 5.97. The van der Waals surface area contributed by atoms with Gasteiger partial charge in [-0.2, -0.15) is 0 Å². The van der Waals surface area contributed by atoms with Gasteiger partial charge in [0, 0.05) is 16.1 Å². The molecule has 156 valence electrons. The maximum atomic E-state index is 13.8. The number of hydrogen-bond donors (Lipinski definition) is 0. The van der Waals surface area contributed by atoms with E-state index in [4.69, 9.17) is 26.1 Å². The lowest BCUT2D eigenvalue weighted by atomic mass is 10.0. The van der Waals surface area contributed by atoms with Crippen molar-refractivity contribution in [3.8, 4) is 22.9 Å². The number of halogens is 1. The standard InChI is InChI=1S/C26H17ClN2O3/c27-18-9-10-21-22(15-18)29(26(30)17-8-11-23-24(14-17)32-13-12-31-23)25(28-21)20-7-3-5-16-4-1-2-6-19(16)20/h1-11,14-15H,12-13H2. The quantitative estimate of drug-likeness (QED) is 0.339. The summed E-state index contributed by atoms with van der Waals surface area (Å²) in [7, 11) is 0. The van der Waals surface area contributed by atoms with E-state index >= 15 is 0 Å². The Morgan fingerprint density at radius 2 is 1.69 bits per heavy atom. The second kappa shape index (κ2) is 7.39. The second-order valence-electron chi connectivity index (χ2n) is 7.59. The molecule has 0 amide bonds. The van der Waals surface area contributed by atoms with Crippen molar-refractivity contribution in [1.29, 1.82) is 0 Å². The summed E-state index contributed by atoms with van der Waals surface area (Å²) in [5.41, 5.74) is 2.71. The van der Waals surface area contributed by atoms with E-state index in [0.717, 1.165) is 16.3 Å². The fourth-order valence-corrected chi connectivity index (χ4v) is 4.33. The molecule has 0 spiro atoms. The number of aromatic nitrogens is 2. The largest absolute Gasteiger partial charge is 0.486 e. The van der Waals surface area contributed by atoms with Crippen LogP contribution < -0.4 is 9.47 Å². The van der Waals surface area contributed by atoms with Gasteiger partial charge in [-0.05, 0) is 47.2 Å². The minimum Gasteiger partial charge on any atom is -0.486 e. The molecule has 0 aliphatic carbocycles. The minimum absolute atomic E-state index is 0.213. The molecule has 6 heteroatoms. The summed E-state index contributed by atoms with van der Waals surface area (Å²) in [6.45, 7) is 0.950. The first kappa shape index (κ1) is 18.9. The SMILES string of the molecule is O=C(c1ccc2c(c1)OCCO2)n1c(-c2cccc3ccccc23)nc2ccc(Cl)cc21. The van der Waals surface area contributed by atoms with Crippen molar-refractivity contribution >= 4 is 39.3 Å². The van der Waals surface area contributed by atoms with Crippen LogP contribution in [0.3, 0.4) is 0 Å². The van der Waals surface area contributed by atoms with E-state index in [1.807, 2.05) is 48.5 Å². The van der Waals surface area contributed by atoms with Crippen molar-refractivity contribution in [2.24, 2.45) is 0 Å². The molecule has 1 aliphatic rings. The molecule has 2 heterocycles. The van der Waals surface area contributed by atoms with Crippen LogP contribution in [0.4, 0.5) is 0 Å². The molecule has 0 N–H and O–H groups in total. The van der Waals surface area contributed by atoms with Crippen LogP contribution in [-0.2, 0) is 0 Å². The highest BCUT2D eigenvalue weighted by Crippen LogP contribution is 2.34. The fourth-order valence-electron chi connectivity index (χ4n) is 4.16. The Morgan fingerprint density at radius 1 is 0.875 bits per heavy atom. The number of rotatable bonds is 2. The Labute approximate surface area is 188 Å². The summed E-state index contributed by atoms with van der Waals surface area (Å²) in [6, 6.07) is 24.7. The zero-order valence-electron chi connectivity index (χ0n) is 16.9. The van der Waals surface area contributed by atoms with Gasteiger partial charge in [0.2, 0.25) is 0 Å². The average molecular weight is 441 g/mol. The van der Waals surface area contributed by atoms with Crippen molar-refractivity contribution in [1.82, 2.24) is 9.55 Å². The lowest BCUT2D eigenvalue weighted by Gasteiger charge is -2.19. The number of carbonyl (C=O) groups is 1. The molecule has 4 aromatic carbocycles. The minimum atomic E-state index is -0.213. The number of nitrogens with zero attached hydrogens (tertiary/aromatic N) is 2. The smallest absolute Gasteiger partial charge is 0.264 e. The second-order valence-corrected chi connectivity index (χ2v) is 8.03. The van der Waals surface area contributed by atoms with Crippen molar-refractivity contribution in [3.05, 3.63) is 89.4 Å². The maximum absolute atomic E-state index is 13.8. The summed E-state index contributed by atoms with van der Waals surface area (Å²) in [4.78, 5) is 18.7. The summed E-state index contributed by atoms with van der Waals surface area (Å²) in [5.74, 6) is 1.56. The molecule has 0 atom stereocenters. The monoisotopic (exact) mass is 440 g/mol. The van der Waals surface area contributed by atoms with Crippen molar-refractivity contribution in [2.45, 2.75) is 0 Å². The zero-order chi connectivity index (χ0) is 21.7. The maximum Gasteiger partial charge on any atom is 0.264 e. The van der Waals surface area contributed by atoms with Crippen LogP contribution >= 0.6 is 11.6 Å². The van der Waals surface area contributed by atoms with Gasteiger partial charge in [0.1, 0.15) is 19.0 Å². The van der Waals surface area contributed by atoms with Crippen LogP contribution in [0.25, 0.3) is 33.2 Å². The highest BCUT2D eigenvalue weighted by Gasteiger charge is 2.23. The van der Waals surface area contributed by atoms with Gasteiger partial charge in [-0.15, -0.1) is 0 Å². The van der Waals surface area contributed by atoms with Gasteiger partial charge in [-0.3, -0.25) is 9.36 Å². The van der Waals surface area contributed by atoms with E-state index < -0.39 is 0 Å². The van der Waals surface area contributed by atoms with E-state index in [1.165, 1.54) is 0 Å². The van der Waals surface area contributed by atoms with Gasteiger partial charge in [0.05, 0.1) is 11.0 Å². The van der Waals surface area contributed by atoms with Gasteiger partial charge in [0.25, 0.3) is 5.91 Å². The third kappa shape index (κ3) is 3.01. The van der Waals surface area contributed by atoms with Crippen LogP contribution in [0.2, 0.25) is 5.02 Å². The van der Waals surface area contributed by atoms with Gasteiger partial charge in [-0.25, -0.2) is 4.98 Å². The summed E-state index contributed by atoms with van der Waals surface area (Å²) >= 11 is 6.30. The molecule has 0 saturated heterocycles. The number of hydrogen-bond acceptors (Lipinski definition) is 4. The molecule has 5 nitrogen and oxygen atoms in total. The van der Waals surface area contributed by atoms with Gasteiger partial charge < -0.3 is 9.47 Å². The van der Waals surface area contributed by atoms with E-state index in [9.17, 15) is 4.79 Å². The van der Waals surface area contributed by atoms with E-state index in [2.05, 4.69) is 0 Å². The summed E-state index contributed by atoms with van der Waals surface area (Å²) in [6.07, 6.45) is 0. The van der Waals surface area contributed by atoms with E-state index in [1.54, 1.807) is 34.9 Å². The molecule has 32 heavy (non-hydrogen) atoms. The molecule has 1 aromatic heterocycles. The number of carbonyl (C=O) groups excluding carboxylic acids is 1. The highest BCUT2D eigenvalue weighted by atomic mass is 35.5. The summed E-state index contributed by atoms with van der Waals surface area (Å²) < 4.78 is 12.9. The predicted molar refractivity (Wildman–Crippen MR) is 125 cm³/mol. The van der Waals surface area contributed by atoms with Crippen LogP contribution in [-0.4, -0.2) is 28.7 Å². The molecule has 0 saturated carbocycles. The normalized spacial score (nSPS) is 12.9. The number of benzene rings is 4. The van der Waals surface area contributed by atoms with E-state index in [-0.39, 0.29) is 5.91 Å². The van der Waals surface area contributed by atoms with Crippen LogP contribution in [0.1, 0.15) is 10.4 Å². The topological polar surface area (TPSA) is 53.4 Å². The number of ether oxygens (including phenoxy) is 2. The zero-order valence-corrected chi connectivity index (χ0v) is 17.7. The first-order chi connectivity index (χ1) is 15.7. The van der Waals surface area contributed by atoms with Crippen molar-refractivity contribution in [2.75, 3.05) is 13.2 Å². The molecule has 0 radical (unpaired) electrons. The van der Waals surface area contributed by atoms with E-state index in [0.29, 0.717) is 52.2 Å². The molecule has 6 rings (SSSR count). The van der Waals surface area contributed by atoms with Gasteiger partial charge >= 0.3 is 0 Å². The van der Waals surface area contributed by atoms with Crippen LogP contribution in [0.15, 0.2) is 78.9 Å². The Balaban J connectivity index is 1.60.